The summed E-state index contributed by atoms with van der Waals surface area (Å²) < 4.78 is 0.394. The summed E-state index contributed by atoms with van der Waals surface area (Å²) in [5.74, 6) is 1.65. The summed E-state index contributed by atoms with van der Waals surface area (Å²) in [4.78, 5) is 11.5. The number of hydrogen-bond donors (Lipinski definition) is 1. The maximum absolute atomic E-state index is 11.5. The lowest BCUT2D eigenvalue weighted by atomic mass is 9.49. The molecule has 1 N–H and O–H groups in total. The third-order valence-corrected chi connectivity index (χ3v) is 6.82. The van der Waals surface area contributed by atoms with Gasteiger partial charge in [-0.05, 0) is 49.9 Å². The van der Waals surface area contributed by atoms with Crippen LogP contribution in [0, 0.1) is 23.2 Å². The predicted molar refractivity (Wildman–Crippen MR) is 61.4 cm³/mol. The Bertz CT molecular complexity index is 275. The lowest BCUT2D eigenvalue weighted by Crippen LogP contribution is -2.57. The fourth-order valence-corrected chi connectivity index (χ4v) is 5.63. The number of aliphatic carboxylic acids is 1. The molecule has 0 amide bonds. The number of carboxylic acid groups (broad SMARTS) is 1. The molecule has 4 bridgehead atoms. The van der Waals surface area contributed by atoms with E-state index in [4.69, 9.17) is 0 Å². The standard InChI is InChI=1S/C11H15IO2/c12-9-8-2-6-1-7(3-8)5-11(9,4-6)10(13)14/h6-9H,1-5H2,(H,13,14). The van der Waals surface area contributed by atoms with Gasteiger partial charge in [-0.2, -0.15) is 0 Å². The van der Waals surface area contributed by atoms with Crippen LogP contribution >= 0.6 is 22.6 Å². The van der Waals surface area contributed by atoms with Crippen molar-refractivity contribution >= 4 is 28.6 Å². The van der Waals surface area contributed by atoms with E-state index < -0.39 is 5.97 Å². The third-order valence-electron chi connectivity index (χ3n) is 4.61. The van der Waals surface area contributed by atoms with Gasteiger partial charge in [0.25, 0.3) is 0 Å². The Balaban J connectivity index is 2.01. The van der Waals surface area contributed by atoms with Crippen molar-refractivity contribution in [3.63, 3.8) is 0 Å². The molecule has 0 aromatic carbocycles. The number of halogens is 1. The Hall–Kier alpha value is 0.200. The zero-order valence-corrected chi connectivity index (χ0v) is 10.2. The molecule has 14 heavy (non-hydrogen) atoms. The quantitative estimate of drug-likeness (QED) is 0.597. The van der Waals surface area contributed by atoms with Crippen molar-refractivity contribution in [3.05, 3.63) is 0 Å². The molecule has 0 spiro atoms. The molecular weight excluding hydrogens is 291 g/mol. The zero-order chi connectivity index (χ0) is 9.92. The molecule has 4 rings (SSSR count). The lowest BCUT2D eigenvalue weighted by molar-refractivity contribution is -0.162. The van der Waals surface area contributed by atoms with Crippen LogP contribution in [0.5, 0.6) is 0 Å². The van der Waals surface area contributed by atoms with E-state index in [2.05, 4.69) is 22.6 Å². The van der Waals surface area contributed by atoms with Crippen molar-refractivity contribution < 1.29 is 9.90 Å². The number of hydrogen-bond acceptors (Lipinski definition) is 1. The van der Waals surface area contributed by atoms with Gasteiger partial charge in [-0.25, -0.2) is 0 Å². The highest BCUT2D eigenvalue weighted by molar-refractivity contribution is 14.1. The van der Waals surface area contributed by atoms with Crippen LogP contribution in [-0.4, -0.2) is 15.0 Å². The van der Waals surface area contributed by atoms with Gasteiger partial charge in [0, 0.05) is 3.92 Å². The second-order valence-electron chi connectivity index (χ2n) is 5.47. The third kappa shape index (κ3) is 1.05. The van der Waals surface area contributed by atoms with Gasteiger partial charge >= 0.3 is 5.97 Å². The van der Waals surface area contributed by atoms with E-state index in [1.165, 1.54) is 19.3 Å². The van der Waals surface area contributed by atoms with E-state index in [1.807, 2.05) is 0 Å². The summed E-state index contributed by atoms with van der Waals surface area (Å²) >= 11 is 2.41. The lowest BCUT2D eigenvalue weighted by Gasteiger charge is -2.57. The molecule has 0 aromatic heterocycles. The summed E-state index contributed by atoms with van der Waals surface area (Å²) in [7, 11) is 0. The van der Waals surface area contributed by atoms with Crippen molar-refractivity contribution in [2.75, 3.05) is 0 Å². The molecule has 4 aliphatic carbocycles. The Morgan fingerprint density at radius 2 is 1.79 bits per heavy atom. The average molecular weight is 306 g/mol. The highest BCUT2D eigenvalue weighted by Crippen LogP contribution is 2.62. The summed E-state index contributed by atoms with van der Waals surface area (Å²) in [5, 5.41) is 9.44. The van der Waals surface area contributed by atoms with Crippen molar-refractivity contribution in [2.45, 2.75) is 36.0 Å². The minimum Gasteiger partial charge on any atom is -0.481 e. The molecule has 4 fully saturated rings. The van der Waals surface area contributed by atoms with E-state index in [0.29, 0.717) is 9.84 Å². The van der Waals surface area contributed by atoms with Crippen LogP contribution in [0.15, 0.2) is 0 Å². The number of alkyl halides is 1. The average Bonchev–Trinajstić information content (AvgIpc) is 2.12. The van der Waals surface area contributed by atoms with E-state index >= 15 is 0 Å². The van der Waals surface area contributed by atoms with Crippen molar-refractivity contribution in [1.82, 2.24) is 0 Å². The minimum atomic E-state index is -0.518. The maximum Gasteiger partial charge on any atom is 0.310 e. The van der Waals surface area contributed by atoms with Crippen molar-refractivity contribution in [2.24, 2.45) is 23.2 Å². The normalized spacial score (nSPS) is 54.9. The Morgan fingerprint density at radius 3 is 2.29 bits per heavy atom. The van der Waals surface area contributed by atoms with Crippen molar-refractivity contribution in [1.29, 1.82) is 0 Å². The molecule has 0 heterocycles. The molecule has 0 aromatic rings. The van der Waals surface area contributed by atoms with Gasteiger partial charge in [-0.15, -0.1) is 0 Å². The van der Waals surface area contributed by atoms with Gasteiger partial charge in [0.15, 0.2) is 0 Å². The largest absolute Gasteiger partial charge is 0.481 e. The highest BCUT2D eigenvalue weighted by atomic mass is 127. The second-order valence-corrected chi connectivity index (χ2v) is 6.81. The van der Waals surface area contributed by atoms with Crippen LogP contribution < -0.4 is 0 Å². The molecule has 0 radical (unpaired) electrons. The molecule has 0 aliphatic heterocycles. The van der Waals surface area contributed by atoms with Crippen LogP contribution in [0.25, 0.3) is 0 Å². The number of rotatable bonds is 1. The molecule has 3 unspecified atom stereocenters. The molecular formula is C11H15IO2. The van der Waals surface area contributed by atoms with Gasteiger partial charge in [-0.1, -0.05) is 22.6 Å². The van der Waals surface area contributed by atoms with Crippen LogP contribution in [0.2, 0.25) is 0 Å². The first-order valence-corrected chi connectivity index (χ1v) is 6.74. The molecule has 4 saturated carbocycles. The highest BCUT2D eigenvalue weighted by Gasteiger charge is 2.59. The van der Waals surface area contributed by atoms with E-state index in [1.54, 1.807) is 0 Å². The van der Waals surface area contributed by atoms with Gasteiger partial charge in [0.2, 0.25) is 0 Å². The van der Waals surface area contributed by atoms with Crippen LogP contribution in [-0.2, 0) is 4.79 Å². The molecule has 3 atom stereocenters. The smallest absolute Gasteiger partial charge is 0.310 e. The number of carboxylic acids is 1. The zero-order valence-electron chi connectivity index (χ0n) is 8.08. The number of carbonyl (C=O) groups is 1. The molecule has 78 valence electrons. The Morgan fingerprint density at radius 1 is 1.21 bits per heavy atom. The van der Waals surface area contributed by atoms with Crippen LogP contribution in [0.3, 0.4) is 0 Å². The monoisotopic (exact) mass is 306 g/mol. The molecule has 0 saturated heterocycles. The van der Waals surface area contributed by atoms with Crippen LogP contribution in [0.4, 0.5) is 0 Å². The fourth-order valence-electron chi connectivity index (χ4n) is 4.27. The Kier molecular flexibility index (Phi) is 1.93. The summed E-state index contributed by atoms with van der Waals surface area (Å²) in [6, 6.07) is 0. The first-order valence-electron chi connectivity index (χ1n) is 5.49. The SMILES string of the molecule is O=C(O)C12CC3CC(CC(C3)C1I)C2. The van der Waals surface area contributed by atoms with E-state index in [0.717, 1.165) is 24.7 Å². The summed E-state index contributed by atoms with van der Waals surface area (Å²) in [6.45, 7) is 0. The molecule has 3 heteroatoms. The first kappa shape index (κ1) is 9.43. The Labute approximate surface area is 97.6 Å². The minimum absolute atomic E-state index is 0.338. The van der Waals surface area contributed by atoms with E-state index in [9.17, 15) is 9.90 Å². The fraction of sp³-hybridized carbons (Fsp3) is 0.909. The second kappa shape index (κ2) is 2.86. The van der Waals surface area contributed by atoms with Gasteiger partial charge in [0.1, 0.15) is 0 Å². The van der Waals surface area contributed by atoms with Gasteiger partial charge in [0.05, 0.1) is 5.41 Å². The van der Waals surface area contributed by atoms with Crippen molar-refractivity contribution in [3.8, 4) is 0 Å². The molecule has 2 nitrogen and oxygen atoms in total. The predicted octanol–water partition coefficient (Wildman–Crippen LogP) is 2.70. The summed E-state index contributed by atoms with van der Waals surface area (Å²) in [6.07, 6.45) is 5.85. The van der Waals surface area contributed by atoms with Gasteiger partial charge < -0.3 is 5.11 Å². The summed E-state index contributed by atoms with van der Waals surface area (Å²) in [5.41, 5.74) is -0.338. The van der Waals surface area contributed by atoms with Crippen LogP contribution in [0.1, 0.15) is 32.1 Å². The van der Waals surface area contributed by atoms with Gasteiger partial charge in [-0.3, -0.25) is 4.79 Å². The van der Waals surface area contributed by atoms with E-state index in [-0.39, 0.29) is 5.41 Å². The first-order chi connectivity index (χ1) is 6.62. The molecule has 4 aliphatic rings. The maximum atomic E-state index is 11.5. The topological polar surface area (TPSA) is 37.3 Å².